The van der Waals surface area contributed by atoms with E-state index < -0.39 is 0 Å². The summed E-state index contributed by atoms with van der Waals surface area (Å²) >= 11 is 5.65. The molecule has 0 fully saturated rings. The van der Waals surface area contributed by atoms with Crippen molar-refractivity contribution in [2.45, 2.75) is 31.7 Å². The number of hydrogen-bond acceptors (Lipinski definition) is 3. The van der Waals surface area contributed by atoms with Crippen molar-refractivity contribution < 1.29 is 4.79 Å². The van der Waals surface area contributed by atoms with Crippen molar-refractivity contribution >= 4 is 29.9 Å². The summed E-state index contributed by atoms with van der Waals surface area (Å²) in [4.78, 5) is 15.4. The number of thiol groups is 1. The number of amides is 1. The second-order valence-corrected chi connectivity index (χ2v) is 5.50. The van der Waals surface area contributed by atoms with Gasteiger partial charge >= 0.3 is 0 Å². The van der Waals surface area contributed by atoms with Gasteiger partial charge < -0.3 is 4.90 Å². The standard InChI is InChI=1S/C11H17NOS2/c1-7(2)8(3)12(4)11(13)10-5-9(14)6-15-10/h5-8,14H,1-4H3. The van der Waals surface area contributed by atoms with Crippen molar-refractivity contribution in [1.29, 1.82) is 0 Å². The first-order chi connectivity index (χ1) is 6.93. The molecule has 0 saturated heterocycles. The predicted molar refractivity (Wildman–Crippen MR) is 68.0 cm³/mol. The number of rotatable bonds is 3. The molecule has 0 spiro atoms. The molecule has 1 amide bonds. The third kappa shape index (κ3) is 2.98. The average Bonchev–Trinajstić information content (AvgIpc) is 2.61. The van der Waals surface area contributed by atoms with Crippen LogP contribution in [0, 0.1) is 5.92 Å². The summed E-state index contributed by atoms with van der Waals surface area (Å²) in [6.45, 7) is 6.30. The molecule has 0 N–H and O–H groups in total. The van der Waals surface area contributed by atoms with E-state index in [0.717, 1.165) is 9.77 Å². The Morgan fingerprint density at radius 1 is 1.47 bits per heavy atom. The smallest absolute Gasteiger partial charge is 0.263 e. The van der Waals surface area contributed by atoms with Crippen molar-refractivity contribution in [3.8, 4) is 0 Å². The lowest BCUT2D eigenvalue weighted by molar-refractivity contribution is 0.0712. The molecule has 0 aromatic carbocycles. The Morgan fingerprint density at radius 3 is 2.47 bits per heavy atom. The molecule has 1 aromatic heterocycles. The summed E-state index contributed by atoms with van der Waals surface area (Å²) < 4.78 is 0. The van der Waals surface area contributed by atoms with Gasteiger partial charge in [-0.2, -0.15) is 0 Å². The van der Waals surface area contributed by atoms with Gasteiger partial charge in [0.2, 0.25) is 0 Å². The lowest BCUT2D eigenvalue weighted by Gasteiger charge is -2.27. The highest BCUT2D eigenvalue weighted by Gasteiger charge is 2.20. The summed E-state index contributed by atoms with van der Waals surface area (Å²) in [6, 6.07) is 2.07. The summed E-state index contributed by atoms with van der Waals surface area (Å²) in [6.07, 6.45) is 0. The monoisotopic (exact) mass is 243 g/mol. The first-order valence-corrected chi connectivity index (χ1v) is 6.30. The lowest BCUT2D eigenvalue weighted by atomic mass is 10.1. The second-order valence-electron chi connectivity index (χ2n) is 4.07. The SMILES string of the molecule is CC(C)C(C)N(C)C(=O)c1cc(S)cs1. The van der Waals surface area contributed by atoms with E-state index in [-0.39, 0.29) is 11.9 Å². The van der Waals surface area contributed by atoms with Crippen molar-refractivity contribution in [1.82, 2.24) is 4.90 Å². The number of hydrogen-bond donors (Lipinski definition) is 1. The molecule has 0 bridgehead atoms. The minimum Gasteiger partial charge on any atom is -0.338 e. The average molecular weight is 243 g/mol. The van der Waals surface area contributed by atoms with Gasteiger partial charge in [-0.3, -0.25) is 4.79 Å². The van der Waals surface area contributed by atoms with Gasteiger partial charge in [-0.15, -0.1) is 24.0 Å². The Morgan fingerprint density at radius 2 is 2.07 bits per heavy atom. The second kappa shape index (κ2) is 5.03. The van der Waals surface area contributed by atoms with Crippen LogP contribution >= 0.6 is 24.0 Å². The first kappa shape index (κ1) is 12.6. The van der Waals surface area contributed by atoms with Crippen LogP contribution in [0.1, 0.15) is 30.4 Å². The maximum Gasteiger partial charge on any atom is 0.263 e. The maximum atomic E-state index is 12.0. The van der Waals surface area contributed by atoms with Crippen LogP contribution in [-0.4, -0.2) is 23.9 Å². The molecule has 1 unspecified atom stereocenters. The zero-order valence-corrected chi connectivity index (χ0v) is 11.2. The highest BCUT2D eigenvalue weighted by molar-refractivity contribution is 7.80. The molecule has 0 aliphatic heterocycles. The van der Waals surface area contributed by atoms with Gasteiger partial charge in [0, 0.05) is 23.4 Å². The molecule has 15 heavy (non-hydrogen) atoms. The van der Waals surface area contributed by atoms with Crippen LogP contribution in [-0.2, 0) is 0 Å². The van der Waals surface area contributed by atoms with E-state index >= 15 is 0 Å². The van der Waals surface area contributed by atoms with E-state index in [4.69, 9.17) is 0 Å². The van der Waals surface area contributed by atoms with E-state index in [2.05, 4.69) is 33.4 Å². The molecule has 1 rings (SSSR count). The molecule has 1 heterocycles. The molecule has 1 atom stereocenters. The molecular formula is C11H17NOS2. The fourth-order valence-corrected chi connectivity index (χ4v) is 2.37. The molecule has 0 aliphatic rings. The summed E-state index contributed by atoms with van der Waals surface area (Å²) in [5.41, 5.74) is 0. The van der Waals surface area contributed by atoms with Crippen LogP contribution in [0.3, 0.4) is 0 Å². The highest BCUT2D eigenvalue weighted by Crippen LogP contribution is 2.20. The van der Waals surface area contributed by atoms with Gasteiger partial charge in [0.25, 0.3) is 5.91 Å². The molecule has 0 radical (unpaired) electrons. The maximum absolute atomic E-state index is 12.0. The number of carbonyl (C=O) groups excluding carboxylic acids is 1. The van der Waals surface area contributed by atoms with Crippen LogP contribution in [0.5, 0.6) is 0 Å². The minimum absolute atomic E-state index is 0.0847. The molecule has 84 valence electrons. The Kier molecular flexibility index (Phi) is 4.22. The van der Waals surface area contributed by atoms with Crippen molar-refractivity contribution in [2.75, 3.05) is 7.05 Å². The lowest BCUT2D eigenvalue weighted by Crippen LogP contribution is -2.37. The van der Waals surface area contributed by atoms with Crippen LogP contribution < -0.4 is 0 Å². The summed E-state index contributed by atoms with van der Waals surface area (Å²) in [5.74, 6) is 0.552. The Bertz CT molecular complexity index is 346. The Labute approximate surface area is 101 Å². The largest absolute Gasteiger partial charge is 0.338 e. The molecule has 4 heteroatoms. The van der Waals surface area contributed by atoms with E-state index in [1.165, 1.54) is 11.3 Å². The zero-order valence-electron chi connectivity index (χ0n) is 9.52. The minimum atomic E-state index is 0.0847. The van der Waals surface area contributed by atoms with Gasteiger partial charge in [-0.1, -0.05) is 13.8 Å². The Balaban J connectivity index is 2.77. The van der Waals surface area contributed by atoms with E-state index in [9.17, 15) is 4.79 Å². The van der Waals surface area contributed by atoms with Crippen LogP contribution in [0.2, 0.25) is 0 Å². The highest BCUT2D eigenvalue weighted by atomic mass is 32.1. The first-order valence-electron chi connectivity index (χ1n) is 4.98. The van der Waals surface area contributed by atoms with Crippen molar-refractivity contribution in [3.05, 3.63) is 16.3 Å². The predicted octanol–water partition coefficient (Wildman–Crippen LogP) is 3.15. The zero-order chi connectivity index (χ0) is 11.6. The summed E-state index contributed by atoms with van der Waals surface area (Å²) in [5, 5.41) is 1.88. The van der Waals surface area contributed by atoms with E-state index in [1.54, 1.807) is 4.90 Å². The van der Waals surface area contributed by atoms with E-state index in [1.807, 2.05) is 18.5 Å². The molecule has 0 saturated carbocycles. The van der Waals surface area contributed by atoms with Gasteiger partial charge in [0.15, 0.2) is 0 Å². The van der Waals surface area contributed by atoms with Crippen LogP contribution in [0.4, 0.5) is 0 Å². The van der Waals surface area contributed by atoms with Crippen molar-refractivity contribution in [2.24, 2.45) is 5.92 Å². The molecular weight excluding hydrogens is 226 g/mol. The fraction of sp³-hybridized carbons (Fsp3) is 0.545. The molecule has 0 aliphatic carbocycles. The Hall–Kier alpha value is -0.480. The number of nitrogens with zero attached hydrogens (tertiary/aromatic N) is 1. The third-order valence-electron chi connectivity index (χ3n) is 2.69. The number of thiophene rings is 1. The summed E-state index contributed by atoms with van der Waals surface area (Å²) in [7, 11) is 1.85. The molecule has 1 aromatic rings. The number of carbonyl (C=O) groups is 1. The fourth-order valence-electron chi connectivity index (χ4n) is 1.24. The molecule has 2 nitrogen and oxygen atoms in total. The van der Waals surface area contributed by atoms with Gasteiger partial charge in [0.05, 0.1) is 4.88 Å². The van der Waals surface area contributed by atoms with Crippen LogP contribution in [0.25, 0.3) is 0 Å². The van der Waals surface area contributed by atoms with Gasteiger partial charge in [-0.05, 0) is 18.9 Å². The third-order valence-corrected chi connectivity index (χ3v) is 4.04. The van der Waals surface area contributed by atoms with Gasteiger partial charge in [0.1, 0.15) is 0 Å². The normalized spacial score (nSPS) is 12.9. The quantitative estimate of drug-likeness (QED) is 0.809. The van der Waals surface area contributed by atoms with E-state index in [0.29, 0.717) is 5.92 Å². The van der Waals surface area contributed by atoms with Crippen LogP contribution in [0.15, 0.2) is 16.3 Å². The van der Waals surface area contributed by atoms with Gasteiger partial charge in [-0.25, -0.2) is 0 Å². The van der Waals surface area contributed by atoms with Crippen molar-refractivity contribution in [3.63, 3.8) is 0 Å². The topological polar surface area (TPSA) is 20.3 Å².